The molecule has 4 unspecified atom stereocenters. The number of Topliss-reactive ketones (excluding diaryl/α,β-unsaturated/α-hetero) is 1. The third-order valence-electron chi connectivity index (χ3n) is 2.32. The summed E-state index contributed by atoms with van der Waals surface area (Å²) in [5.74, 6) is -0.991. The summed E-state index contributed by atoms with van der Waals surface area (Å²) in [6.07, 6.45) is -0.561. The average Bonchev–Trinajstić information content (AvgIpc) is 2.17. The summed E-state index contributed by atoms with van der Waals surface area (Å²) in [4.78, 5) is 10.9. The molecule has 1 rings (SSSR count). The standard InChI is InChI=1S/C8H12O3/c1-3-5-4(2)6(9)8(11)7(5)10/h3-7,9-10H,1H2,2H3. The van der Waals surface area contributed by atoms with Gasteiger partial charge >= 0.3 is 0 Å². The van der Waals surface area contributed by atoms with E-state index in [-0.39, 0.29) is 11.8 Å². The first kappa shape index (κ1) is 8.43. The van der Waals surface area contributed by atoms with Crippen molar-refractivity contribution in [3.8, 4) is 0 Å². The van der Waals surface area contributed by atoms with Crippen molar-refractivity contribution < 1.29 is 15.0 Å². The summed E-state index contributed by atoms with van der Waals surface area (Å²) in [7, 11) is 0. The molecule has 0 radical (unpaired) electrons. The molecule has 0 aromatic rings. The lowest BCUT2D eigenvalue weighted by molar-refractivity contribution is -0.131. The lowest BCUT2D eigenvalue weighted by Gasteiger charge is -2.12. The van der Waals surface area contributed by atoms with Crippen molar-refractivity contribution in [1.82, 2.24) is 0 Å². The van der Waals surface area contributed by atoms with Crippen molar-refractivity contribution in [2.45, 2.75) is 19.1 Å². The second-order valence-corrected chi connectivity index (χ2v) is 2.96. The van der Waals surface area contributed by atoms with E-state index in [1.54, 1.807) is 6.92 Å². The molecule has 11 heavy (non-hydrogen) atoms. The van der Waals surface area contributed by atoms with E-state index >= 15 is 0 Å². The van der Waals surface area contributed by atoms with Gasteiger partial charge in [0.2, 0.25) is 0 Å². The van der Waals surface area contributed by atoms with Crippen LogP contribution in [-0.2, 0) is 4.79 Å². The minimum absolute atomic E-state index is 0.213. The lowest BCUT2D eigenvalue weighted by atomic mass is 9.96. The topological polar surface area (TPSA) is 57.5 Å². The Morgan fingerprint density at radius 1 is 1.45 bits per heavy atom. The van der Waals surface area contributed by atoms with Crippen LogP contribution in [0.1, 0.15) is 6.92 Å². The molecule has 2 N–H and O–H groups in total. The van der Waals surface area contributed by atoms with Crippen LogP contribution in [0.2, 0.25) is 0 Å². The van der Waals surface area contributed by atoms with Crippen molar-refractivity contribution in [1.29, 1.82) is 0 Å². The van der Waals surface area contributed by atoms with Crippen molar-refractivity contribution in [3.63, 3.8) is 0 Å². The number of carbonyl (C=O) groups is 1. The van der Waals surface area contributed by atoms with Gasteiger partial charge in [-0.1, -0.05) is 13.0 Å². The van der Waals surface area contributed by atoms with E-state index in [1.807, 2.05) is 0 Å². The van der Waals surface area contributed by atoms with Gasteiger partial charge in [0.15, 0.2) is 5.78 Å². The van der Waals surface area contributed by atoms with Gasteiger partial charge in [0.1, 0.15) is 12.2 Å². The number of ketones is 1. The molecule has 0 spiro atoms. The maximum atomic E-state index is 10.9. The van der Waals surface area contributed by atoms with E-state index in [0.29, 0.717) is 0 Å². The van der Waals surface area contributed by atoms with Gasteiger partial charge in [-0.05, 0) is 5.92 Å². The summed E-state index contributed by atoms with van der Waals surface area (Å²) in [5, 5.41) is 18.4. The number of hydrogen-bond donors (Lipinski definition) is 2. The fraction of sp³-hybridized carbons (Fsp3) is 0.625. The lowest BCUT2D eigenvalue weighted by Crippen LogP contribution is -2.24. The van der Waals surface area contributed by atoms with Crippen LogP contribution in [0.5, 0.6) is 0 Å². The molecular formula is C8H12O3. The van der Waals surface area contributed by atoms with Gasteiger partial charge in [-0.25, -0.2) is 0 Å². The fourth-order valence-electron chi connectivity index (χ4n) is 1.47. The zero-order valence-corrected chi connectivity index (χ0v) is 6.40. The molecule has 3 heteroatoms. The Hall–Kier alpha value is -0.670. The summed E-state index contributed by atoms with van der Waals surface area (Å²) in [5.41, 5.74) is 0. The fourth-order valence-corrected chi connectivity index (χ4v) is 1.47. The maximum absolute atomic E-state index is 10.9. The number of hydrogen-bond acceptors (Lipinski definition) is 3. The molecular weight excluding hydrogens is 144 g/mol. The van der Waals surface area contributed by atoms with Gasteiger partial charge in [0, 0.05) is 5.92 Å². The Balaban J connectivity index is 2.85. The second-order valence-electron chi connectivity index (χ2n) is 2.96. The van der Waals surface area contributed by atoms with Crippen molar-refractivity contribution in [3.05, 3.63) is 12.7 Å². The highest BCUT2D eigenvalue weighted by atomic mass is 16.3. The van der Waals surface area contributed by atoms with Gasteiger partial charge in [-0.3, -0.25) is 4.79 Å². The van der Waals surface area contributed by atoms with Gasteiger partial charge in [0.25, 0.3) is 0 Å². The number of aliphatic hydroxyl groups is 2. The van der Waals surface area contributed by atoms with Crippen LogP contribution < -0.4 is 0 Å². The predicted octanol–water partition coefficient (Wildman–Crippen LogP) is -0.271. The molecule has 1 aliphatic carbocycles. The van der Waals surface area contributed by atoms with E-state index < -0.39 is 18.0 Å². The van der Waals surface area contributed by atoms with E-state index in [1.165, 1.54) is 6.08 Å². The molecule has 1 aliphatic rings. The molecule has 0 amide bonds. The van der Waals surface area contributed by atoms with E-state index in [2.05, 4.69) is 6.58 Å². The van der Waals surface area contributed by atoms with E-state index in [4.69, 9.17) is 0 Å². The molecule has 1 fully saturated rings. The Bertz CT molecular complexity index is 188. The van der Waals surface area contributed by atoms with E-state index in [9.17, 15) is 15.0 Å². The summed E-state index contributed by atoms with van der Waals surface area (Å²) < 4.78 is 0. The Morgan fingerprint density at radius 3 is 2.18 bits per heavy atom. The first-order valence-electron chi connectivity index (χ1n) is 3.62. The molecule has 4 atom stereocenters. The molecule has 0 aromatic carbocycles. The molecule has 0 heterocycles. The summed E-state index contributed by atoms with van der Waals surface area (Å²) >= 11 is 0. The number of rotatable bonds is 1. The van der Waals surface area contributed by atoms with Crippen LogP contribution in [0.25, 0.3) is 0 Å². The van der Waals surface area contributed by atoms with Crippen LogP contribution in [0.4, 0.5) is 0 Å². The minimum atomic E-state index is -1.06. The van der Waals surface area contributed by atoms with Gasteiger partial charge in [-0.15, -0.1) is 6.58 Å². The third kappa shape index (κ3) is 1.10. The number of aliphatic hydroxyl groups excluding tert-OH is 2. The molecule has 1 saturated carbocycles. The molecule has 0 saturated heterocycles. The van der Waals surface area contributed by atoms with Crippen LogP contribution in [-0.4, -0.2) is 28.2 Å². The Kier molecular flexibility index (Phi) is 2.11. The molecule has 3 nitrogen and oxygen atoms in total. The highest BCUT2D eigenvalue weighted by Gasteiger charge is 2.44. The van der Waals surface area contributed by atoms with Gasteiger partial charge in [-0.2, -0.15) is 0 Å². The van der Waals surface area contributed by atoms with Crippen LogP contribution >= 0.6 is 0 Å². The first-order valence-corrected chi connectivity index (χ1v) is 3.62. The van der Waals surface area contributed by atoms with E-state index in [0.717, 1.165) is 0 Å². The SMILES string of the molecule is C=CC1C(O)C(=O)C(O)C1C. The third-order valence-corrected chi connectivity index (χ3v) is 2.32. The smallest absolute Gasteiger partial charge is 0.190 e. The molecule has 0 aliphatic heterocycles. The molecule has 0 bridgehead atoms. The zero-order valence-electron chi connectivity index (χ0n) is 6.40. The Morgan fingerprint density at radius 2 is 2.00 bits per heavy atom. The van der Waals surface area contributed by atoms with Crippen molar-refractivity contribution in [2.24, 2.45) is 11.8 Å². The van der Waals surface area contributed by atoms with Crippen LogP contribution in [0.15, 0.2) is 12.7 Å². The number of carbonyl (C=O) groups excluding carboxylic acids is 1. The maximum Gasteiger partial charge on any atom is 0.190 e. The zero-order chi connectivity index (χ0) is 8.59. The highest BCUT2D eigenvalue weighted by Crippen LogP contribution is 2.30. The highest BCUT2D eigenvalue weighted by molar-refractivity contribution is 5.90. The largest absolute Gasteiger partial charge is 0.385 e. The monoisotopic (exact) mass is 156 g/mol. The second kappa shape index (κ2) is 2.75. The minimum Gasteiger partial charge on any atom is -0.385 e. The van der Waals surface area contributed by atoms with Gasteiger partial charge in [0.05, 0.1) is 0 Å². The first-order chi connectivity index (χ1) is 5.09. The van der Waals surface area contributed by atoms with Crippen molar-refractivity contribution >= 4 is 5.78 Å². The van der Waals surface area contributed by atoms with Crippen molar-refractivity contribution in [2.75, 3.05) is 0 Å². The van der Waals surface area contributed by atoms with Gasteiger partial charge < -0.3 is 10.2 Å². The average molecular weight is 156 g/mol. The Labute approximate surface area is 65.3 Å². The molecule has 62 valence electrons. The quantitative estimate of drug-likeness (QED) is 0.514. The summed E-state index contributed by atoms with van der Waals surface area (Å²) in [6, 6.07) is 0. The molecule has 0 aromatic heterocycles. The van der Waals surface area contributed by atoms with Crippen LogP contribution in [0, 0.1) is 11.8 Å². The summed E-state index contributed by atoms with van der Waals surface area (Å²) in [6.45, 7) is 5.22. The van der Waals surface area contributed by atoms with Crippen LogP contribution in [0.3, 0.4) is 0 Å². The normalized spacial score (nSPS) is 44.5. The predicted molar refractivity (Wildman–Crippen MR) is 39.9 cm³/mol.